The highest BCUT2D eigenvalue weighted by molar-refractivity contribution is 5.91. The molecule has 0 saturated carbocycles. The number of nitrogens with one attached hydrogen (secondary N) is 1. The van der Waals surface area contributed by atoms with Crippen LogP contribution in [0.1, 0.15) is 36.8 Å². The van der Waals surface area contributed by atoms with Crippen LogP contribution in [0.25, 0.3) is 0 Å². The van der Waals surface area contributed by atoms with Crippen molar-refractivity contribution in [2.75, 3.05) is 38.7 Å². The fraction of sp³-hybridized carbons (Fsp3) is 0.636. The summed E-state index contributed by atoms with van der Waals surface area (Å²) in [5.41, 5.74) is 2.97. The Morgan fingerprint density at radius 1 is 1.17 bits per heavy atom. The van der Waals surface area contributed by atoms with Crippen molar-refractivity contribution in [3.05, 3.63) is 29.3 Å². The summed E-state index contributed by atoms with van der Waals surface area (Å²) in [6, 6.07) is 6.05. The predicted octanol–water partition coefficient (Wildman–Crippen LogP) is 2.71. The molecule has 3 aliphatic heterocycles. The SMILES string of the molecule is COC1C(=O)N(C2CCN(C(=O)Nc3ccc(C)c(C)c3)CC2)C12CCOCC2. The van der Waals surface area contributed by atoms with Gasteiger partial charge < -0.3 is 24.6 Å². The zero-order chi connectivity index (χ0) is 20.6. The molecule has 0 radical (unpaired) electrons. The molecule has 158 valence electrons. The minimum atomic E-state index is -0.350. The number of anilines is 1. The zero-order valence-electron chi connectivity index (χ0n) is 17.6. The average Bonchev–Trinajstić information content (AvgIpc) is 2.72. The number of ether oxygens (including phenoxy) is 2. The maximum Gasteiger partial charge on any atom is 0.321 e. The number of carbonyl (C=O) groups is 2. The lowest BCUT2D eigenvalue weighted by Crippen LogP contribution is -2.79. The second-order valence-corrected chi connectivity index (χ2v) is 8.49. The van der Waals surface area contributed by atoms with Crippen molar-refractivity contribution in [2.24, 2.45) is 0 Å². The number of hydrogen-bond acceptors (Lipinski definition) is 4. The molecule has 3 heterocycles. The number of benzene rings is 1. The lowest BCUT2D eigenvalue weighted by Gasteiger charge is -2.61. The van der Waals surface area contributed by atoms with Gasteiger partial charge >= 0.3 is 6.03 Å². The Bertz CT molecular complexity index is 782. The van der Waals surface area contributed by atoms with Gasteiger partial charge in [0, 0.05) is 45.1 Å². The minimum Gasteiger partial charge on any atom is -0.381 e. The van der Waals surface area contributed by atoms with Gasteiger partial charge in [0.05, 0.1) is 5.54 Å². The number of rotatable bonds is 3. The maximum absolute atomic E-state index is 12.7. The molecule has 0 aromatic heterocycles. The molecule has 1 aromatic rings. The first-order valence-electron chi connectivity index (χ1n) is 10.5. The van der Waals surface area contributed by atoms with Crippen LogP contribution in [0.4, 0.5) is 10.5 Å². The van der Waals surface area contributed by atoms with E-state index in [4.69, 9.17) is 9.47 Å². The summed E-state index contributed by atoms with van der Waals surface area (Å²) in [4.78, 5) is 29.3. The third kappa shape index (κ3) is 3.51. The first-order valence-corrected chi connectivity index (χ1v) is 10.5. The predicted molar refractivity (Wildman–Crippen MR) is 110 cm³/mol. The first kappa shape index (κ1) is 20.2. The Morgan fingerprint density at radius 3 is 2.48 bits per heavy atom. The van der Waals surface area contributed by atoms with Gasteiger partial charge in [-0.15, -0.1) is 0 Å². The van der Waals surface area contributed by atoms with Crippen LogP contribution in [0.5, 0.6) is 0 Å². The van der Waals surface area contributed by atoms with E-state index in [1.54, 1.807) is 7.11 Å². The molecule has 3 saturated heterocycles. The molecular formula is C22H31N3O4. The van der Waals surface area contributed by atoms with Crippen molar-refractivity contribution in [1.29, 1.82) is 0 Å². The van der Waals surface area contributed by atoms with E-state index in [1.165, 1.54) is 5.56 Å². The van der Waals surface area contributed by atoms with E-state index in [-0.39, 0.29) is 29.6 Å². The van der Waals surface area contributed by atoms with Gasteiger partial charge in [-0.2, -0.15) is 0 Å². The summed E-state index contributed by atoms with van der Waals surface area (Å²) < 4.78 is 11.1. The quantitative estimate of drug-likeness (QED) is 0.791. The molecule has 1 aromatic carbocycles. The number of carbonyl (C=O) groups excluding carboxylic acids is 2. The van der Waals surface area contributed by atoms with E-state index in [1.807, 2.05) is 30.0 Å². The molecule has 29 heavy (non-hydrogen) atoms. The number of amides is 3. The van der Waals surface area contributed by atoms with Crippen LogP contribution < -0.4 is 5.32 Å². The van der Waals surface area contributed by atoms with Crippen molar-refractivity contribution in [1.82, 2.24) is 9.80 Å². The van der Waals surface area contributed by atoms with E-state index in [0.717, 1.165) is 36.9 Å². The molecule has 0 aliphatic carbocycles. The van der Waals surface area contributed by atoms with Gasteiger partial charge in [-0.1, -0.05) is 6.07 Å². The van der Waals surface area contributed by atoms with Crippen molar-refractivity contribution in [3.63, 3.8) is 0 Å². The van der Waals surface area contributed by atoms with Crippen LogP contribution in [0.15, 0.2) is 18.2 Å². The highest BCUT2D eigenvalue weighted by Gasteiger charge is 2.62. The lowest BCUT2D eigenvalue weighted by atomic mass is 9.72. The molecule has 1 N–H and O–H groups in total. The molecule has 4 rings (SSSR count). The molecule has 1 atom stereocenters. The monoisotopic (exact) mass is 401 g/mol. The fourth-order valence-electron chi connectivity index (χ4n) is 5.08. The van der Waals surface area contributed by atoms with Crippen molar-refractivity contribution >= 4 is 17.6 Å². The number of piperidine rings is 1. The van der Waals surface area contributed by atoms with Gasteiger partial charge in [-0.3, -0.25) is 4.79 Å². The third-order valence-corrected chi connectivity index (χ3v) is 6.90. The second kappa shape index (κ2) is 7.95. The zero-order valence-corrected chi connectivity index (χ0v) is 17.6. The Morgan fingerprint density at radius 2 is 1.86 bits per heavy atom. The number of aryl methyl sites for hydroxylation is 2. The second-order valence-electron chi connectivity index (χ2n) is 8.49. The average molecular weight is 402 g/mol. The molecule has 0 bridgehead atoms. The summed E-state index contributed by atoms with van der Waals surface area (Å²) in [7, 11) is 1.62. The number of nitrogens with zero attached hydrogens (tertiary/aromatic N) is 2. The number of likely N-dealkylation sites (tertiary alicyclic amines) is 2. The molecule has 3 amide bonds. The Kier molecular flexibility index (Phi) is 5.53. The fourth-order valence-corrected chi connectivity index (χ4v) is 5.08. The van der Waals surface area contributed by atoms with Gasteiger partial charge in [-0.05, 0) is 62.8 Å². The van der Waals surface area contributed by atoms with Crippen LogP contribution in [0.2, 0.25) is 0 Å². The summed E-state index contributed by atoms with van der Waals surface area (Å²) in [6.45, 7) is 6.73. The summed E-state index contributed by atoms with van der Waals surface area (Å²) in [5.74, 6) is 0.0902. The highest BCUT2D eigenvalue weighted by Crippen LogP contribution is 2.45. The topological polar surface area (TPSA) is 71.1 Å². The molecule has 1 spiro atoms. The maximum atomic E-state index is 12.7. The lowest BCUT2D eigenvalue weighted by molar-refractivity contribution is -0.213. The summed E-state index contributed by atoms with van der Waals surface area (Å²) in [6.07, 6.45) is 2.89. The smallest absolute Gasteiger partial charge is 0.321 e. The Labute approximate surface area is 172 Å². The Hall–Kier alpha value is -2.12. The number of methoxy groups -OCH3 is 1. The summed E-state index contributed by atoms with van der Waals surface area (Å²) in [5, 5.41) is 3.00. The molecule has 3 fully saturated rings. The number of urea groups is 1. The molecule has 3 aliphatic rings. The molecule has 7 nitrogen and oxygen atoms in total. The number of hydrogen-bond donors (Lipinski definition) is 1. The van der Waals surface area contributed by atoms with Crippen molar-refractivity contribution in [2.45, 2.75) is 57.2 Å². The molecule has 7 heteroatoms. The minimum absolute atomic E-state index is 0.0720. The highest BCUT2D eigenvalue weighted by atomic mass is 16.5. The summed E-state index contributed by atoms with van der Waals surface area (Å²) >= 11 is 0. The third-order valence-electron chi connectivity index (χ3n) is 6.90. The van der Waals surface area contributed by atoms with E-state index in [0.29, 0.717) is 26.3 Å². The van der Waals surface area contributed by atoms with E-state index in [2.05, 4.69) is 17.1 Å². The van der Waals surface area contributed by atoms with Crippen LogP contribution in [-0.4, -0.2) is 72.8 Å². The van der Waals surface area contributed by atoms with E-state index < -0.39 is 0 Å². The van der Waals surface area contributed by atoms with Crippen LogP contribution in [0, 0.1) is 13.8 Å². The van der Waals surface area contributed by atoms with Crippen molar-refractivity contribution in [3.8, 4) is 0 Å². The molecule has 1 unspecified atom stereocenters. The van der Waals surface area contributed by atoms with Crippen LogP contribution in [-0.2, 0) is 14.3 Å². The number of β-lactam (4-membered cyclic amide) rings is 1. The van der Waals surface area contributed by atoms with Gasteiger partial charge in [0.15, 0.2) is 6.10 Å². The van der Waals surface area contributed by atoms with Gasteiger partial charge in [0.1, 0.15) is 0 Å². The largest absolute Gasteiger partial charge is 0.381 e. The standard InChI is InChI=1S/C22H31N3O4/c1-15-4-5-17(14-16(15)2)23-21(27)24-10-6-18(7-11-24)25-20(26)19(28-3)22(25)8-12-29-13-9-22/h4-5,14,18-19H,6-13H2,1-3H3,(H,23,27). The van der Waals surface area contributed by atoms with Crippen molar-refractivity contribution < 1.29 is 19.1 Å². The Balaban J connectivity index is 1.37. The normalized spacial score (nSPS) is 24.5. The van der Waals surface area contributed by atoms with Gasteiger partial charge in [0.25, 0.3) is 5.91 Å². The van der Waals surface area contributed by atoms with E-state index >= 15 is 0 Å². The van der Waals surface area contributed by atoms with Crippen LogP contribution in [0.3, 0.4) is 0 Å². The van der Waals surface area contributed by atoms with Gasteiger partial charge in [0.2, 0.25) is 0 Å². The van der Waals surface area contributed by atoms with Gasteiger partial charge in [-0.25, -0.2) is 4.79 Å². The molecular weight excluding hydrogens is 370 g/mol. The first-order chi connectivity index (χ1) is 14.0. The van der Waals surface area contributed by atoms with Crippen LogP contribution >= 0.6 is 0 Å². The van der Waals surface area contributed by atoms with E-state index in [9.17, 15) is 9.59 Å².